The minimum Gasteiger partial charge on any atom is -0.459 e. The van der Waals surface area contributed by atoms with Crippen molar-refractivity contribution in [2.24, 2.45) is 0 Å². The molecule has 0 saturated carbocycles. The van der Waals surface area contributed by atoms with Gasteiger partial charge < -0.3 is 19.5 Å². The molecule has 1 aromatic carbocycles. The lowest BCUT2D eigenvalue weighted by atomic mass is 10.1. The van der Waals surface area contributed by atoms with E-state index in [0.717, 1.165) is 32.7 Å². The predicted octanol–water partition coefficient (Wildman–Crippen LogP) is 2.31. The first kappa shape index (κ1) is 16.3. The lowest BCUT2D eigenvalue weighted by Crippen LogP contribution is -2.48. The molecule has 1 aliphatic heterocycles. The van der Waals surface area contributed by atoms with Crippen LogP contribution >= 0.6 is 0 Å². The van der Waals surface area contributed by atoms with Gasteiger partial charge in [0.05, 0.1) is 6.26 Å². The van der Waals surface area contributed by atoms with E-state index < -0.39 is 0 Å². The zero-order valence-corrected chi connectivity index (χ0v) is 13.7. The van der Waals surface area contributed by atoms with Crippen LogP contribution in [0.1, 0.15) is 27.8 Å². The molecule has 6 nitrogen and oxygen atoms in total. The maximum atomic E-state index is 12.5. The van der Waals surface area contributed by atoms with E-state index in [0.29, 0.717) is 11.3 Å². The molecule has 0 atom stereocenters. The van der Waals surface area contributed by atoms with Gasteiger partial charge in [0.2, 0.25) is 0 Å². The van der Waals surface area contributed by atoms with Crippen molar-refractivity contribution < 1.29 is 14.0 Å². The molecule has 1 aromatic heterocycles. The Bertz CT molecular complexity index is 687. The first-order chi connectivity index (χ1) is 11.7. The van der Waals surface area contributed by atoms with Crippen LogP contribution in [0.4, 0.5) is 5.69 Å². The van der Waals surface area contributed by atoms with Crippen molar-refractivity contribution in [1.29, 1.82) is 0 Å². The smallest absolute Gasteiger partial charge is 0.291 e. The van der Waals surface area contributed by atoms with Crippen LogP contribution in [0.5, 0.6) is 0 Å². The minimum absolute atomic E-state index is 0.0367. The number of carbonyl (C=O) groups is 2. The second-order valence-corrected chi connectivity index (χ2v) is 5.74. The number of likely N-dealkylation sites (N-methyl/N-ethyl adjacent to an activating group) is 1. The summed E-state index contributed by atoms with van der Waals surface area (Å²) in [5, 5.41) is 2.74. The summed E-state index contributed by atoms with van der Waals surface area (Å²) in [4.78, 5) is 28.6. The third kappa shape index (κ3) is 3.65. The Balaban J connectivity index is 1.60. The van der Waals surface area contributed by atoms with Crippen molar-refractivity contribution in [1.82, 2.24) is 9.80 Å². The fourth-order valence-electron chi connectivity index (χ4n) is 2.75. The first-order valence-corrected chi connectivity index (χ1v) is 8.14. The zero-order valence-electron chi connectivity index (χ0n) is 13.7. The number of carbonyl (C=O) groups excluding carboxylic acids is 2. The van der Waals surface area contributed by atoms with E-state index in [2.05, 4.69) is 17.1 Å². The Hall–Kier alpha value is -2.60. The standard InChI is InChI=1S/C18H21N3O3/c1-2-20-9-11-21(12-10-20)18(23)14-5-7-15(8-6-14)19-17(22)16-4-3-13-24-16/h3-8,13H,2,9-12H2,1H3,(H,19,22). The number of amides is 2. The van der Waals surface area contributed by atoms with Crippen LogP contribution in [-0.4, -0.2) is 54.3 Å². The molecule has 1 N–H and O–H groups in total. The largest absolute Gasteiger partial charge is 0.459 e. The van der Waals surface area contributed by atoms with Crippen LogP contribution in [0, 0.1) is 0 Å². The van der Waals surface area contributed by atoms with Gasteiger partial charge in [-0.15, -0.1) is 0 Å². The number of piperazine rings is 1. The van der Waals surface area contributed by atoms with Crippen LogP contribution in [0.2, 0.25) is 0 Å². The summed E-state index contributed by atoms with van der Waals surface area (Å²) in [6.07, 6.45) is 1.45. The second-order valence-electron chi connectivity index (χ2n) is 5.74. The SMILES string of the molecule is CCN1CCN(C(=O)c2ccc(NC(=O)c3ccco3)cc2)CC1. The normalized spacial score (nSPS) is 15.3. The molecule has 0 unspecified atom stereocenters. The van der Waals surface area contributed by atoms with E-state index in [4.69, 9.17) is 4.42 Å². The Morgan fingerprint density at radius 3 is 2.38 bits per heavy atom. The van der Waals surface area contributed by atoms with Crippen molar-refractivity contribution in [2.75, 3.05) is 38.0 Å². The van der Waals surface area contributed by atoms with E-state index in [1.807, 2.05) is 4.90 Å². The molecular formula is C18H21N3O3. The molecule has 0 aliphatic carbocycles. The van der Waals surface area contributed by atoms with Crippen LogP contribution in [0.15, 0.2) is 47.1 Å². The number of benzene rings is 1. The predicted molar refractivity (Wildman–Crippen MR) is 91.1 cm³/mol. The summed E-state index contributed by atoms with van der Waals surface area (Å²) in [5.74, 6) is -0.0200. The van der Waals surface area contributed by atoms with Gasteiger partial charge in [0.25, 0.3) is 11.8 Å². The van der Waals surface area contributed by atoms with Crippen molar-refractivity contribution in [3.05, 3.63) is 54.0 Å². The van der Waals surface area contributed by atoms with Gasteiger partial charge in [-0.3, -0.25) is 9.59 Å². The van der Waals surface area contributed by atoms with Crippen LogP contribution in [0.25, 0.3) is 0 Å². The molecule has 3 rings (SSSR count). The summed E-state index contributed by atoms with van der Waals surface area (Å²) in [6, 6.07) is 10.2. The van der Waals surface area contributed by atoms with Gasteiger partial charge in [0.1, 0.15) is 0 Å². The monoisotopic (exact) mass is 327 g/mol. The summed E-state index contributed by atoms with van der Waals surface area (Å²) in [5.41, 5.74) is 1.26. The molecule has 0 bridgehead atoms. The molecule has 0 radical (unpaired) electrons. The van der Waals surface area contributed by atoms with Crippen molar-refractivity contribution in [3.8, 4) is 0 Å². The second kappa shape index (κ2) is 7.31. The van der Waals surface area contributed by atoms with Crippen molar-refractivity contribution in [2.45, 2.75) is 6.92 Å². The Kier molecular flexibility index (Phi) is 4.96. The summed E-state index contributed by atoms with van der Waals surface area (Å²) < 4.78 is 5.05. The molecule has 2 amide bonds. The molecule has 0 spiro atoms. The zero-order chi connectivity index (χ0) is 16.9. The number of rotatable bonds is 4. The van der Waals surface area contributed by atoms with Crippen LogP contribution < -0.4 is 5.32 Å². The van der Waals surface area contributed by atoms with Gasteiger partial charge >= 0.3 is 0 Å². The third-order valence-electron chi connectivity index (χ3n) is 4.24. The average molecular weight is 327 g/mol. The first-order valence-electron chi connectivity index (χ1n) is 8.14. The summed E-state index contributed by atoms with van der Waals surface area (Å²) in [6.45, 7) is 6.49. The van der Waals surface area contributed by atoms with E-state index in [-0.39, 0.29) is 17.6 Å². The van der Waals surface area contributed by atoms with Gasteiger partial charge in [-0.2, -0.15) is 0 Å². The van der Waals surface area contributed by atoms with Crippen LogP contribution in [0.3, 0.4) is 0 Å². The lowest BCUT2D eigenvalue weighted by Gasteiger charge is -2.34. The van der Waals surface area contributed by atoms with E-state index >= 15 is 0 Å². The van der Waals surface area contributed by atoms with Gasteiger partial charge in [-0.1, -0.05) is 6.92 Å². The van der Waals surface area contributed by atoms with Gasteiger partial charge in [0, 0.05) is 37.4 Å². The molecule has 1 aliphatic rings. The Morgan fingerprint density at radius 2 is 1.79 bits per heavy atom. The number of anilines is 1. The fourth-order valence-corrected chi connectivity index (χ4v) is 2.75. The van der Waals surface area contributed by atoms with E-state index in [9.17, 15) is 9.59 Å². The van der Waals surface area contributed by atoms with Crippen molar-refractivity contribution in [3.63, 3.8) is 0 Å². The topological polar surface area (TPSA) is 65.8 Å². The molecule has 1 saturated heterocycles. The average Bonchev–Trinajstić information content (AvgIpc) is 3.17. The summed E-state index contributed by atoms with van der Waals surface area (Å²) >= 11 is 0. The fraction of sp³-hybridized carbons (Fsp3) is 0.333. The lowest BCUT2D eigenvalue weighted by molar-refractivity contribution is 0.0643. The number of nitrogens with one attached hydrogen (secondary N) is 1. The Labute approximate surface area is 141 Å². The van der Waals surface area contributed by atoms with E-state index in [1.165, 1.54) is 6.26 Å². The number of hydrogen-bond acceptors (Lipinski definition) is 4. The molecule has 1 fully saturated rings. The molecule has 126 valence electrons. The van der Waals surface area contributed by atoms with Gasteiger partial charge in [0.15, 0.2) is 5.76 Å². The quantitative estimate of drug-likeness (QED) is 0.936. The molecule has 2 aromatic rings. The summed E-state index contributed by atoms with van der Waals surface area (Å²) in [7, 11) is 0. The highest BCUT2D eigenvalue weighted by molar-refractivity contribution is 6.02. The Morgan fingerprint density at radius 1 is 1.08 bits per heavy atom. The molecule has 2 heterocycles. The molecule has 24 heavy (non-hydrogen) atoms. The van der Waals surface area contributed by atoms with Gasteiger partial charge in [-0.05, 0) is 42.9 Å². The molecule has 6 heteroatoms. The highest BCUT2D eigenvalue weighted by Crippen LogP contribution is 2.14. The number of furan rings is 1. The minimum atomic E-state index is -0.310. The highest BCUT2D eigenvalue weighted by Gasteiger charge is 2.21. The van der Waals surface area contributed by atoms with E-state index in [1.54, 1.807) is 36.4 Å². The number of nitrogens with zero attached hydrogens (tertiary/aromatic N) is 2. The highest BCUT2D eigenvalue weighted by atomic mass is 16.3. The maximum absolute atomic E-state index is 12.5. The van der Waals surface area contributed by atoms with Gasteiger partial charge in [-0.25, -0.2) is 0 Å². The van der Waals surface area contributed by atoms with Crippen LogP contribution in [-0.2, 0) is 0 Å². The van der Waals surface area contributed by atoms with Crippen molar-refractivity contribution >= 4 is 17.5 Å². The third-order valence-corrected chi connectivity index (χ3v) is 4.24. The number of hydrogen-bond donors (Lipinski definition) is 1. The maximum Gasteiger partial charge on any atom is 0.291 e. The molecular weight excluding hydrogens is 306 g/mol.